The quantitative estimate of drug-likeness (QED) is 0.0619. The first-order valence-corrected chi connectivity index (χ1v) is 19.6. The zero-order valence-electron chi connectivity index (χ0n) is 34.2. The highest BCUT2D eigenvalue weighted by Crippen LogP contribution is 2.45. The Labute approximate surface area is 355 Å². The van der Waals surface area contributed by atoms with Crippen LogP contribution < -0.4 is 15.4 Å². The van der Waals surface area contributed by atoms with Crippen molar-refractivity contribution < 1.29 is 83.4 Å². The van der Waals surface area contributed by atoms with E-state index in [1.165, 1.54) is 14.0 Å². The number of carboxylic acids is 2. The van der Waals surface area contributed by atoms with E-state index in [1.807, 2.05) is 0 Å². The molecule has 63 heavy (non-hydrogen) atoms. The van der Waals surface area contributed by atoms with Crippen molar-refractivity contribution in [2.75, 3.05) is 38.4 Å². The minimum atomic E-state index is -5.12. The molecule has 0 fully saturated rings. The number of anilines is 1. The summed E-state index contributed by atoms with van der Waals surface area (Å²) in [7, 11) is 1.35. The van der Waals surface area contributed by atoms with E-state index in [0.717, 1.165) is 37.9 Å². The van der Waals surface area contributed by atoms with Crippen molar-refractivity contribution in [2.24, 2.45) is 5.73 Å². The first-order valence-electron chi connectivity index (χ1n) is 19.6. The number of rotatable bonds is 20. The van der Waals surface area contributed by atoms with Crippen molar-refractivity contribution in [1.29, 1.82) is 0 Å². The fraction of sp³-hybridized carbons (Fsp3) is 0.550. The number of alkyl halides is 9. The maximum atomic E-state index is 13.5. The molecule has 1 aliphatic heterocycles. The summed E-state index contributed by atoms with van der Waals surface area (Å²) in [6.45, 7) is 2.75. The number of carbonyl (C=O) groups is 3. The van der Waals surface area contributed by atoms with Gasteiger partial charge in [0.1, 0.15) is 23.8 Å². The van der Waals surface area contributed by atoms with E-state index >= 15 is 0 Å². The molecule has 0 saturated carbocycles. The van der Waals surface area contributed by atoms with E-state index in [2.05, 4.69) is 15.0 Å². The van der Waals surface area contributed by atoms with Gasteiger partial charge in [0.15, 0.2) is 5.75 Å². The number of amides is 1. The number of fused-ring (bicyclic) bond motifs is 1. The first kappa shape index (κ1) is 52.1. The van der Waals surface area contributed by atoms with Crippen molar-refractivity contribution in [3.63, 3.8) is 0 Å². The number of ether oxygens (including phenoxy) is 3. The average molecular weight is 914 g/mol. The lowest BCUT2D eigenvalue weighted by Crippen LogP contribution is -2.64. The Hall–Kier alpha value is -5.29. The third-order valence-electron chi connectivity index (χ3n) is 9.74. The number of aliphatic carboxylic acids is 2. The normalized spacial score (nSPS) is 16.5. The molecule has 5 N–H and O–H groups in total. The van der Waals surface area contributed by atoms with Gasteiger partial charge in [0, 0.05) is 46.0 Å². The molecule has 3 aromatic rings. The number of methoxy groups -OCH3 is 1. The average Bonchev–Trinajstić information content (AvgIpc) is 3.18. The number of carboxylic acid groups (broad SMARTS) is 3. The predicted octanol–water partition coefficient (Wildman–Crippen LogP) is 8.73. The summed E-state index contributed by atoms with van der Waals surface area (Å²) in [5, 5.41) is 26.9. The molecule has 350 valence electrons. The van der Waals surface area contributed by atoms with Gasteiger partial charge in [-0.05, 0) is 68.0 Å². The van der Waals surface area contributed by atoms with Gasteiger partial charge in [0.05, 0.1) is 46.9 Å². The highest BCUT2D eigenvalue weighted by molar-refractivity contribution is 5.89. The van der Waals surface area contributed by atoms with Crippen molar-refractivity contribution in [3.8, 4) is 5.75 Å². The van der Waals surface area contributed by atoms with E-state index < -0.39 is 83.4 Å². The number of pyridine rings is 1. The number of nitrogens with two attached hydrogens (primary N) is 1. The van der Waals surface area contributed by atoms with Crippen LogP contribution in [0.5, 0.6) is 5.75 Å². The lowest BCUT2D eigenvalue weighted by Gasteiger charge is -2.47. The van der Waals surface area contributed by atoms with E-state index in [0.29, 0.717) is 49.2 Å². The molecule has 2 unspecified atom stereocenters. The summed E-state index contributed by atoms with van der Waals surface area (Å²) in [4.78, 5) is 45.7. The smallest absolute Gasteiger partial charge is 0.433 e. The number of hydrogen-bond donors (Lipinski definition) is 4. The van der Waals surface area contributed by atoms with Crippen LogP contribution in [0.1, 0.15) is 110 Å². The molecular formula is C40H48F9N5O9. The Kier molecular flexibility index (Phi) is 18.9. The van der Waals surface area contributed by atoms with E-state index in [-0.39, 0.29) is 67.2 Å². The molecule has 0 aliphatic carbocycles. The second kappa shape index (κ2) is 22.9. The summed E-state index contributed by atoms with van der Waals surface area (Å²) in [6, 6.07) is 2.53. The van der Waals surface area contributed by atoms with Crippen molar-refractivity contribution >= 4 is 23.7 Å². The SMILES string of the molecule is CCC1(N)C(c2ncc(OCCOC)c(Cc3cc(C(F)(F)F)cc(C(F)(F)F)c3)n2)Cc2nc(C(F)(F)F)ccc2N1C(=O)O.O=C(O)CCCCCOCCCCCC(=O)O. The van der Waals surface area contributed by atoms with E-state index in [9.17, 15) is 59.0 Å². The van der Waals surface area contributed by atoms with Crippen LogP contribution >= 0.6 is 0 Å². The predicted molar refractivity (Wildman–Crippen MR) is 205 cm³/mol. The minimum absolute atomic E-state index is 0.0307. The molecule has 2 aromatic heterocycles. The number of nitrogens with zero attached hydrogens (tertiary/aromatic N) is 4. The lowest BCUT2D eigenvalue weighted by molar-refractivity contribution is -0.143. The molecule has 0 saturated heterocycles. The van der Waals surface area contributed by atoms with Gasteiger partial charge < -0.3 is 35.3 Å². The first-order chi connectivity index (χ1) is 29.4. The van der Waals surface area contributed by atoms with Crippen LogP contribution in [0.3, 0.4) is 0 Å². The molecule has 0 radical (unpaired) electrons. The van der Waals surface area contributed by atoms with Crippen LogP contribution in [0, 0.1) is 0 Å². The number of unbranched alkanes of at least 4 members (excludes halogenated alkanes) is 4. The van der Waals surface area contributed by atoms with Gasteiger partial charge in [0.25, 0.3) is 0 Å². The monoisotopic (exact) mass is 913 g/mol. The molecule has 1 amide bonds. The van der Waals surface area contributed by atoms with Crippen molar-refractivity contribution in [3.05, 3.63) is 76.1 Å². The Morgan fingerprint density at radius 2 is 1.37 bits per heavy atom. The molecule has 2 atom stereocenters. The Morgan fingerprint density at radius 1 is 0.794 bits per heavy atom. The van der Waals surface area contributed by atoms with Crippen LogP contribution in [0.2, 0.25) is 0 Å². The van der Waals surface area contributed by atoms with Gasteiger partial charge in [-0.15, -0.1) is 0 Å². The van der Waals surface area contributed by atoms with Crippen molar-refractivity contribution in [2.45, 2.75) is 108 Å². The summed E-state index contributed by atoms with van der Waals surface area (Å²) in [6.07, 6.45) is -11.4. The van der Waals surface area contributed by atoms with Gasteiger partial charge in [-0.1, -0.05) is 19.8 Å². The van der Waals surface area contributed by atoms with Crippen LogP contribution in [0.4, 0.5) is 50.0 Å². The molecule has 0 bridgehead atoms. The fourth-order valence-corrected chi connectivity index (χ4v) is 6.56. The third-order valence-corrected chi connectivity index (χ3v) is 9.74. The maximum absolute atomic E-state index is 13.5. The number of aromatic nitrogens is 3. The molecule has 14 nitrogen and oxygen atoms in total. The standard InChI is InChI=1S/C28H26F9N5O4.C12H22O5/c1-3-25(38)17(12-18-20(42(25)24(43)44)4-5-22(40-18)28(35,36)37)23-39-13-21(46-7-6-45-2)19(41-23)10-14-8-15(26(29,30)31)11-16(9-14)27(32,33)34;13-11(14)7-3-1-5-9-17-10-6-2-4-8-12(15)16/h4-5,8-9,11,13,17H,3,6-7,10,12,38H2,1-2H3,(H,43,44);1-10H2,(H,13,14)(H,15,16). The number of hydrogen-bond acceptors (Lipinski definition) is 10. The summed E-state index contributed by atoms with van der Waals surface area (Å²) >= 11 is 0. The third kappa shape index (κ3) is 15.5. The van der Waals surface area contributed by atoms with Crippen LogP contribution in [0.15, 0.2) is 36.5 Å². The Bertz CT molecular complexity index is 1950. The highest BCUT2D eigenvalue weighted by Gasteiger charge is 2.50. The van der Waals surface area contributed by atoms with Gasteiger partial charge in [-0.2, -0.15) is 39.5 Å². The van der Waals surface area contributed by atoms with Gasteiger partial charge in [-0.3, -0.25) is 14.5 Å². The van der Waals surface area contributed by atoms with Crippen LogP contribution in [-0.2, 0) is 50.4 Å². The highest BCUT2D eigenvalue weighted by atomic mass is 19.4. The molecule has 23 heteroatoms. The van der Waals surface area contributed by atoms with E-state index in [4.69, 9.17) is 30.2 Å². The second-order valence-electron chi connectivity index (χ2n) is 14.4. The summed E-state index contributed by atoms with van der Waals surface area (Å²) in [5.74, 6) is -3.16. The molecule has 4 rings (SSSR count). The largest absolute Gasteiger partial charge is 0.488 e. The van der Waals surface area contributed by atoms with Crippen LogP contribution in [0.25, 0.3) is 0 Å². The molecular weight excluding hydrogens is 865 g/mol. The summed E-state index contributed by atoms with van der Waals surface area (Å²) in [5.41, 5.74) is -0.827. The van der Waals surface area contributed by atoms with Crippen LogP contribution in [-0.4, -0.2) is 87.5 Å². The second-order valence-corrected chi connectivity index (χ2v) is 14.4. The zero-order chi connectivity index (χ0) is 47.2. The Balaban J connectivity index is 0.000000525. The van der Waals surface area contributed by atoms with Gasteiger partial charge in [0.2, 0.25) is 0 Å². The number of benzene rings is 1. The topological polar surface area (TPSA) is 208 Å². The van der Waals surface area contributed by atoms with Gasteiger partial charge in [-0.25, -0.2) is 19.7 Å². The number of halogens is 9. The fourth-order valence-electron chi connectivity index (χ4n) is 6.56. The van der Waals surface area contributed by atoms with Crippen molar-refractivity contribution in [1.82, 2.24) is 15.0 Å². The van der Waals surface area contributed by atoms with Gasteiger partial charge >= 0.3 is 36.6 Å². The van der Waals surface area contributed by atoms with E-state index in [1.54, 1.807) is 0 Å². The minimum Gasteiger partial charge on any atom is -0.488 e. The maximum Gasteiger partial charge on any atom is 0.433 e. The molecule has 1 aromatic carbocycles. The summed E-state index contributed by atoms with van der Waals surface area (Å²) < 4.78 is 138. The Morgan fingerprint density at radius 3 is 1.84 bits per heavy atom. The molecule has 3 heterocycles. The lowest BCUT2D eigenvalue weighted by atomic mass is 9.80. The zero-order valence-corrected chi connectivity index (χ0v) is 34.2. The molecule has 0 spiro atoms. The molecule has 1 aliphatic rings.